The van der Waals surface area contributed by atoms with E-state index in [0.717, 1.165) is 41.6 Å². The summed E-state index contributed by atoms with van der Waals surface area (Å²) in [5.41, 5.74) is 4.22. The Hall–Kier alpha value is -2.18. The van der Waals surface area contributed by atoms with Gasteiger partial charge in [0.05, 0.1) is 4.90 Å². The van der Waals surface area contributed by atoms with Gasteiger partial charge in [-0.25, -0.2) is 8.42 Å². The van der Waals surface area contributed by atoms with Crippen LogP contribution in [0.5, 0.6) is 0 Å². The van der Waals surface area contributed by atoms with E-state index in [9.17, 15) is 13.2 Å². The Morgan fingerprint density at radius 1 is 0.963 bits per heavy atom. The smallest absolute Gasteiger partial charge is 0.255 e. The normalized spacial score (nSPS) is 15.5. The highest BCUT2D eigenvalue weighted by molar-refractivity contribution is 7.89. The molecule has 144 valence electrons. The second-order valence-electron chi connectivity index (χ2n) is 7.22. The lowest BCUT2D eigenvalue weighted by molar-refractivity contribution is 0.102. The number of benzene rings is 2. The third-order valence-electron chi connectivity index (χ3n) is 4.96. The summed E-state index contributed by atoms with van der Waals surface area (Å²) in [6.45, 7) is 7.00. The molecule has 0 atom stereocenters. The van der Waals surface area contributed by atoms with Crippen LogP contribution in [0.3, 0.4) is 0 Å². The van der Waals surface area contributed by atoms with E-state index in [2.05, 4.69) is 5.32 Å². The maximum atomic E-state index is 12.9. The van der Waals surface area contributed by atoms with Gasteiger partial charge in [-0.15, -0.1) is 0 Å². The summed E-state index contributed by atoms with van der Waals surface area (Å²) in [4.78, 5) is 12.9. The molecule has 2 aromatic rings. The summed E-state index contributed by atoms with van der Waals surface area (Å²) in [5.74, 6) is -0.305. The van der Waals surface area contributed by atoms with E-state index in [0.29, 0.717) is 18.7 Å². The van der Waals surface area contributed by atoms with Crippen molar-refractivity contribution in [3.05, 3.63) is 58.7 Å². The topological polar surface area (TPSA) is 66.5 Å². The number of piperidine rings is 1. The first-order chi connectivity index (χ1) is 12.8. The first-order valence-corrected chi connectivity index (χ1v) is 10.7. The zero-order valence-corrected chi connectivity index (χ0v) is 16.9. The van der Waals surface area contributed by atoms with E-state index >= 15 is 0 Å². The number of hydrogen-bond acceptors (Lipinski definition) is 3. The number of nitrogens with zero attached hydrogens (tertiary/aromatic N) is 1. The Labute approximate surface area is 161 Å². The fourth-order valence-corrected chi connectivity index (χ4v) is 5.18. The van der Waals surface area contributed by atoms with Gasteiger partial charge in [-0.3, -0.25) is 4.79 Å². The largest absolute Gasteiger partial charge is 0.322 e. The summed E-state index contributed by atoms with van der Waals surface area (Å²) in [7, 11) is -3.56. The molecule has 1 N–H and O–H groups in total. The minimum Gasteiger partial charge on any atom is -0.322 e. The van der Waals surface area contributed by atoms with Gasteiger partial charge < -0.3 is 5.32 Å². The summed E-state index contributed by atoms with van der Waals surface area (Å²) in [6.07, 6.45) is 2.82. The molecular formula is C21H26N2O3S. The van der Waals surface area contributed by atoms with Crippen molar-refractivity contribution in [1.29, 1.82) is 0 Å². The molecule has 1 aliphatic rings. The zero-order chi connectivity index (χ0) is 19.6. The molecule has 0 saturated carbocycles. The van der Waals surface area contributed by atoms with E-state index < -0.39 is 10.0 Å². The van der Waals surface area contributed by atoms with Crippen LogP contribution < -0.4 is 5.32 Å². The van der Waals surface area contributed by atoms with Crippen molar-refractivity contribution in [1.82, 2.24) is 4.31 Å². The second-order valence-corrected chi connectivity index (χ2v) is 9.16. The average Bonchev–Trinajstić information content (AvgIpc) is 2.65. The first kappa shape index (κ1) is 19.6. The van der Waals surface area contributed by atoms with Crippen LogP contribution in [0.2, 0.25) is 0 Å². The highest BCUT2D eigenvalue weighted by Gasteiger charge is 2.26. The molecule has 0 aliphatic carbocycles. The van der Waals surface area contributed by atoms with Crippen molar-refractivity contribution in [3.8, 4) is 0 Å². The number of hydrogen-bond donors (Lipinski definition) is 1. The van der Waals surface area contributed by atoms with Crippen molar-refractivity contribution in [2.75, 3.05) is 18.4 Å². The number of carbonyl (C=O) groups is 1. The van der Waals surface area contributed by atoms with Crippen molar-refractivity contribution in [3.63, 3.8) is 0 Å². The average molecular weight is 387 g/mol. The van der Waals surface area contributed by atoms with Gasteiger partial charge in [0.2, 0.25) is 10.0 Å². The van der Waals surface area contributed by atoms with Gasteiger partial charge in [-0.1, -0.05) is 30.2 Å². The van der Waals surface area contributed by atoms with E-state index in [1.165, 1.54) is 10.4 Å². The van der Waals surface area contributed by atoms with Gasteiger partial charge in [0, 0.05) is 24.3 Å². The van der Waals surface area contributed by atoms with Crippen molar-refractivity contribution in [2.24, 2.45) is 0 Å². The van der Waals surface area contributed by atoms with Crippen molar-refractivity contribution < 1.29 is 13.2 Å². The Bertz CT molecular complexity index is 938. The molecular weight excluding hydrogens is 360 g/mol. The Morgan fingerprint density at radius 2 is 1.59 bits per heavy atom. The lowest BCUT2D eigenvalue weighted by Gasteiger charge is -2.26. The molecule has 6 heteroatoms. The SMILES string of the molecule is Cc1cc(C)c(NC(=O)c2cccc(S(=O)(=O)N3CCCCC3)c2)c(C)c1. The maximum absolute atomic E-state index is 12.9. The molecule has 1 heterocycles. The van der Waals surface area contributed by atoms with Gasteiger partial charge in [-0.2, -0.15) is 4.31 Å². The molecule has 0 bridgehead atoms. The van der Waals surface area contributed by atoms with Crippen LogP contribution in [-0.2, 0) is 10.0 Å². The van der Waals surface area contributed by atoms with Gasteiger partial charge in [-0.05, 0) is 62.9 Å². The molecule has 1 aliphatic heterocycles. The number of anilines is 1. The standard InChI is InChI=1S/C21H26N2O3S/c1-15-12-16(2)20(17(3)13-15)22-21(24)18-8-7-9-19(14-18)27(25,26)23-10-5-4-6-11-23/h7-9,12-14H,4-6,10-11H2,1-3H3,(H,22,24). The van der Waals surface area contributed by atoms with Gasteiger partial charge in [0.15, 0.2) is 0 Å². The van der Waals surface area contributed by atoms with Crippen molar-refractivity contribution in [2.45, 2.75) is 44.9 Å². The quantitative estimate of drug-likeness (QED) is 0.862. The lowest BCUT2D eigenvalue weighted by atomic mass is 10.0. The van der Waals surface area contributed by atoms with Crippen LogP contribution in [0.4, 0.5) is 5.69 Å². The number of rotatable bonds is 4. The van der Waals surface area contributed by atoms with E-state index in [-0.39, 0.29) is 10.8 Å². The Balaban J connectivity index is 1.86. The lowest BCUT2D eigenvalue weighted by Crippen LogP contribution is -2.35. The number of nitrogens with one attached hydrogen (secondary N) is 1. The Morgan fingerprint density at radius 3 is 2.22 bits per heavy atom. The second kappa shape index (κ2) is 7.82. The molecule has 1 fully saturated rings. The molecule has 0 unspecified atom stereocenters. The highest BCUT2D eigenvalue weighted by atomic mass is 32.2. The summed E-state index contributed by atoms with van der Waals surface area (Å²) < 4.78 is 27.2. The number of amides is 1. The van der Waals surface area contributed by atoms with Crippen molar-refractivity contribution >= 4 is 21.6 Å². The van der Waals surface area contributed by atoms with Crippen LogP contribution in [0.1, 0.15) is 46.3 Å². The van der Waals surface area contributed by atoms with Crippen LogP contribution in [0, 0.1) is 20.8 Å². The van der Waals surface area contributed by atoms with E-state index in [1.807, 2.05) is 32.9 Å². The summed E-state index contributed by atoms with van der Waals surface area (Å²) >= 11 is 0. The predicted molar refractivity (Wildman–Crippen MR) is 108 cm³/mol. The number of sulfonamides is 1. The molecule has 0 spiro atoms. The molecule has 1 saturated heterocycles. The molecule has 2 aromatic carbocycles. The monoisotopic (exact) mass is 386 g/mol. The third kappa shape index (κ3) is 4.22. The fraction of sp³-hybridized carbons (Fsp3) is 0.381. The minimum absolute atomic E-state index is 0.175. The van der Waals surface area contributed by atoms with Crippen LogP contribution in [0.15, 0.2) is 41.3 Å². The molecule has 0 radical (unpaired) electrons. The number of carbonyl (C=O) groups excluding carboxylic acids is 1. The van der Waals surface area contributed by atoms with Gasteiger partial charge in [0.25, 0.3) is 5.91 Å². The molecule has 27 heavy (non-hydrogen) atoms. The highest BCUT2D eigenvalue weighted by Crippen LogP contribution is 2.24. The summed E-state index contributed by atoms with van der Waals surface area (Å²) in [6, 6.07) is 10.3. The van der Waals surface area contributed by atoms with Crippen LogP contribution >= 0.6 is 0 Å². The van der Waals surface area contributed by atoms with E-state index in [1.54, 1.807) is 18.2 Å². The number of aryl methyl sites for hydroxylation is 3. The maximum Gasteiger partial charge on any atom is 0.255 e. The minimum atomic E-state index is -3.56. The fourth-order valence-electron chi connectivity index (χ4n) is 3.62. The first-order valence-electron chi connectivity index (χ1n) is 9.28. The predicted octanol–water partition coefficient (Wildman–Crippen LogP) is 4.04. The zero-order valence-electron chi connectivity index (χ0n) is 16.1. The molecule has 5 nitrogen and oxygen atoms in total. The molecule has 3 rings (SSSR count). The molecule has 0 aromatic heterocycles. The van der Waals surface area contributed by atoms with Gasteiger partial charge >= 0.3 is 0 Å². The summed E-state index contributed by atoms with van der Waals surface area (Å²) in [5, 5.41) is 2.93. The van der Waals surface area contributed by atoms with E-state index in [4.69, 9.17) is 0 Å². The molecule has 1 amide bonds. The van der Waals surface area contributed by atoms with Gasteiger partial charge in [0.1, 0.15) is 0 Å². The third-order valence-corrected chi connectivity index (χ3v) is 6.86. The Kier molecular flexibility index (Phi) is 5.67. The van der Waals surface area contributed by atoms with Crippen LogP contribution in [-0.4, -0.2) is 31.7 Å². The van der Waals surface area contributed by atoms with Crippen LogP contribution in [0.25, 0.3) is 0 Å².